The van der Waals surface area contributed by atoms with Crippen LogP contribution in [0.5, 0.6) is 0 Å². The first-order valence-corrected chi connectivity index (χ1v) is 36.9. The van der Waals surface area contributed by atoms with Gasteiger partial charge in [-0.15, -0.1) is 0 Å². The molecule has 0 spiro atoms. The normalized spacial score (nSPS) is 11.5. The molecule has 21 aromatic rings. The van der Waals surface area contributed by atoms with Gasteiger partial charge < -0.3 is 8.83 Å². The molecule has 0 fully saturated rings. The van der Waals surface area contributed by atoms with Gasteiger partial charge in [-0.05, 0) is 142 Å². The maximum absolute atomic E-state index is 6.59. The van der Waals surface area contributed by atoms with Gasteiger partial charge in [0.25, 0.3) is 0 Å². The van der Waals surface area contributed by atoms with E-state index in [4.69, 9.17) is 38.7 Å². The van der Waals surface area contributed by atoms with E-state index >= 15 is 0 Å². The molecule has 0 saturated heterocycles. The zero-order valence-corrected chi connectivity index (χ0v) is 59.5. The zero-order valence-electron chi connectivity index (χ0n) is 59.5. The Morgan fingerprint density at radius 2 is 0.445 bits per heavy atom. The van der Waals surface area contributed by atoms with E-state index in [1.165, 1.54) is 33.2 Å². The lowest BCUT2D eigenvalue weighted by Gasteiger charge is -2.12. The molecule has 8 heteroatoms. The van der Waals surface area contributed by atoms with Crippen molar-refractivity contribution >= 4 is 76.2 Å². The molecule has 0 bridgehead atoms. The van der Waals surface area contributed by atoms with Crippen LogP contribution in [0.4, 0.5) is 0 Å². The molecule has 0 aliphatic rings. The van der Waals surface area contributed by atoms with Crippen molar-refractivity contribution in [2.24, 2.45) is 0 Å². The molecule has 17 aromatic carbocycles. The summed E-state index contributed by atoms with van der Waals surface area (Å²) in [6, 6.07) is 135. The number of furan rings is 2. The first-order chi connectivity index (χ1) is 54.5. The summed E-state index contributed by atoms with van der Waals surface area (Å²) in [6.07, 6.45) is 0. The van der Waals surface area contributed by atoms with Crippen molar-refractivity contribution in [2.45, 2.75) is 0 Å². The van der Waals surface area contributed by atoms with Crippen molar-refractivity contribution in [3.05, 3.63) is 388 Å². The summed E-state index contributed by atoms with van der Waals surface area (Å²) in [6.45, 7) is 0. The topological polar surface area (TPSA) is 104 Å². The molecule has 0 aliphatic heterocycles. The minimum atomic E-state index is 0.582. The highest BCUT2D eigenvalue weighted by Gasteiger charge is 2.22. The van der Waals surface area contributed by atoms with Crippen molar-refractivity contribution in [2.75, 3.05) is 0 Å². The standard InChI is InChI=1S/C53H33N3O.C49H31N3O/c1-3-12-34(13-4-1)36-22-26-38(27-23-36)43-20-11-21-48-50(43)46-31-30-41(33-49(46)57-48)52-54-51(39-28-24-37(25-29-39)35-14-5-2-6-15-35)55-53(56-52)47-32-40-16-7-8-17-42(40)44-18-9-10-19-45(44)47;1-3-11-32(12-4-1)34-21-25-37(26-22-34)41-18-10-20-44-46(41)43-30-29-39(31-45(43)53-44)48-50-47(38-27-23-35(24-28-38)33-13-5-2-6-14-33)51-49(52-48)42-19-9-16-36-15-7-8-17-40(36)42/h1-33H;1-31H. The molecule has 514 valence electrons. The predicted octanol–water partition coefficient (Wildman–Crippen LogP) is 27.0. The molecule has 21 rings (SSSR count). The highest BCUT2D eigenvalue weighted by Crippen LogP contribution is 2.43. The van der Waals surface area contributed by atoms with Gasteiger partial charge in [0.2, 0.25) is 0 Å². The first kappa shape index (κ1) is 64.7. The summed E-state index contributed by atoms with van der Waals surface area (Å²) in [5.74, 6) is 3.64. The fourth-order valence-corrected chi connectivity index (χ4v) is 15.4. The summed E-state index contributed by atoms with van der Waals surface area (Å²) < 4.78 is 13.1. The van der Waals surface area contributed by atoms with Crippen LogP contribution in [0.1, 0.15) is 0 Å². The highest BCUT2D eigenvalue weighted by molar-refractivity contribution is 6.16. The van der Waals surface area contributed by atoms with Crippen molar-refractivity contribution in [3.63, 3.8) is 0 Å². The van der Waals surface area contributed by atoms with Gasteiger partial charge in [-0.3, -0.25) is 0 Å². The van der Waals surface area contributed by atoms with Crippen LogP contribution < -0.4 is 0 Å². The van der Waals surface area contributed by atoms with E-state index in [-0.39, 0.29) is 0 Å². The van der Waals surface area contributed by atoms with Gasteiger partial charge in [0.1, 0.15) is 22.3 Å². The van der Waals surface area contributed by atoms with Gasteiger partial charge in [0.05, 0.1) is 0 Å². The van der Waals surface area contributed by atoms with Gasteiger partial charge in [0.15, 0.2) is 34.9 Å². The SMILES string of the molecule is c1ccc(-c2ccc(-c3nc(-c4ccc5c(c4)oc4cccc(-c6ccc(-c7ccccc7)cc6)c45)nc(-c4cc5ccccc5c5ccccc45)n3)cc2)cc1.c1ccc(-c2ccc(-c3nc(-c4ccc5c(c4)oc4cccc(-c6ccc(-c7ccccc7)cc6)c45)nc(-c4cccc5ccccc45)n3)cc2)cc1. The van der Waals surface area contributed by atoms with E-state index in [1.54, 1.807) is 0 Å². The van der Waals surface area contributed by atoms with E-state index in [0.717, 1.165) is 143 Å². The van der Waals surface area contributed by atoms with Crippen LogP contribution >= 0.6 is 0 Å². The number of hydrogen-bond acceptors (Lipinski definition) is 8. The zero-order chi connectivity index (χ0) is 72.9. The molecule has 4 aromatic heterocycles. The molecule has 8 nitrogen and oxygen atoms in total. The van der Waals surface area contributed by atoms with Gasteiger partial charge >= 0.3 is 0 Å². The Labute approximate surface area is 634 Å². The molecule has 0 radical (unpaired) electrons. The second kappa shape index (κ2) is 27.9. The molecule has 0 unspecified atom stereocenters. The molecule has 110 heavy (non-hydrogen) atoms. The van der Waals surface area contributed by atoms with Crippen molar-refractivity contribution in [1.82, 2.24) is 29.9 Å². The monoisotopic (exact) mass is 1400 g/mol. The third-order valence-corrected chi connectivity index (χ3v) is 20.9. The third kappa shape index (κ3) is 12.2. The van der Waals surface area contributed by atoms with Gasteiger partial charge in [-0.2, -0.15) is 0 Å². The van der Waals surface area contributed by atoms with Gasteiger partial charge in [-0.25, -0.2) is 29.9 Å². The minimum Gasteiger partial charge on any atom is -0.456 e. The maximum atomic E-state index is 6.59. The lowest BCUT2D eigenvalue weighted by Crippen LogP contribution is -2.01. The van der Waals surface area contributed by atoms with Crippen LogP contribution in [0, 0.1) is 0 Å². The number of aromatic nitrogens is 6. The smallest absolute Gasteiger partial charge is 0.164 e. The van der Waals surface area contributed by atoms with Crippen LogP contribution in [0.3, 0.4) is 0 Å². The Morgan fingerprint density at radius 3 is 0.891 bits per heavy atom. The molecular formula is C102H64N6O2. The Morgan fingerprint density at radius 1 is 0.145 bits per heavy atom. The van der Waals surface area contributed by atoms with E-state index in [0.29, 0.717) is 34.9 Å². The van der Waals surface area contributed by atoms with Crippen molar-refractivity contribution < 1.29 is 8.83 Å². The highest BCUT2D eigenvalue weighted by atomic mass is 16.3. The Kier molecular flexibility index (Phi) is 16.4. The van der Waals surface area contributed by atoms with E-state index in [1.807, 2.05) is 36.4 Å². The summed E-state index contributed by atoms with van der Waals surface area (Å²) in [7, 11) is 0. The Bertz CT molecular complexity index is 7020. The summed E-state index contributed by atoms with van der Waals surface area (Å²) in [5, 5.41) is 11.1. The van der Waals surface area contributed by atoms with E-state index < -0.39 is 0 Å². The lowest BCUT2D eigenvalue weighted by atomic mass is 9.96. The number of nitrogens with zero attached hydrogens (tertiary/aromatic N) is 6. The lowest BCUT2D eigenvalue weighted by molar-refractivity contribution is 0.668. The van der Waals surface area contributed by atoms with Crippen LogP contribution in [-0.2, 0) is 0 Å². The molecule has 0 aliphatic carbocycles. The van der Waals surface area contributed by atoms with E-state index in [9.17, 15) is 0 Å². The predicted molar refractivity (Wildman–Crippen MR) is 452 cm³/mol. The maximum Gasteiger partial charge on any atom is 0.164 e. The second-order valence-electron chi connectivity index (χ2n) is 27.6. The minimum absolute atomic E-state index is 0.582. The molecule has 4 heterocycles. The Hall–Kier alpha value is -14.9. The largest absolute Gasteiger partial charge is 0.456 e. The second-order valence-corrected chi connectivity index (χ2v) is 27.6. The van der Waals surface area contributed by atoms with Crippen LogP contribution in [-0.4, -0.2) is 29.9 Å². The van der Waals surface area contributed by atoms with Crippen LogP contribution in [0.2, 0.25) is 0 Å². The van der Waals surface area contributed by atoms with Crippen molar-refractivity contribution in [1.29, 1.82) is 0 Å². The van der Waals surface area contributed by atoms with Gasteiger partial charge in [-0.1, -0.05) is 346 Å². The average Bonchev–Trinajstić information content (AvgIpc) is 1.30. The van der Waals surface area contributed by atoms with Crippen LogP contribution in [0.25, 0.3) is 211 Å². The summed E-state index contributed by atoms with van der Waals surface area (Å²) in [4.78, 5) is 30.8. The van der Waals surface area contributed by atoms with Crippen molar-refractivity contribution in [3.8, 4) is 135 Å². The molecule has 0 atom stereocenters. The molecule has 0 amide bonds. The fraction of sp³-hybridized carbons (Fsp3) is 0. The van der Waals surface area contributed by atoms with Crippen LogP contribution in [0.15, 0.2) is 397 Å². The number of fused-ring (bicyclic) bond motifs is 10. The average molecular weight is 1410 g/mol. The molecule has 0 saturated carbocycles. The van der Waals surface area contributed by atoms with Gasteiger partial charge in [0, 0.05) is 54.9 Å². The number of benzene rings is 17. The number of hydrogen-bond donors (Lipinski definition) is 0. The summed E-state index contributed by atoms with van der Waals surface area (Å²) >= 11 is 0. The fourth-order valence-electron chi connectivity index (χ4n) is 15.4. The quantitative estimate of drug-likeness (QED) is 0.111. The molecular weight excluding hydrogens is 1340 g/mol. The third-order valence-electron chi connectivity index (χ3n) is 20.9. The number of rotatable bonds is 12. The molecule has 0 N–H and O–H groups in total. The summed E-state index contributed by atoms with van der Waals surface area (Å²) in [5.41, 5.74) is 22.6. The van der Waals surface area contributed by atoms with E-state index in [2.05, 4.69) is 352 Å². The first-order valence-electron chi connectivity index (χ1n) is 36.9. The Balaban J connectivity index is 0.000000144.